The third kappa shape index (κ3) is 3.16. The summed E-state index contributed by atoms with van der Waals surface area (Å²) in [5.74, 6) is -1.28. The van der Waals surface area contributed by atoms with Gasteiger partial charge in [0.05, 0.1) is 6.10 Å². The molecular formula is C12H20N2O5. The largest absolute Gasteiger partial charge is 0.479 e. The molecule has 19 heavy (non-hydrogen) atoms. The first-order chi connectivity index (χ1) is 8.99. The molecule has 0 aliphatic carbocycles. The number of carbonyl (C=O) groups is 2. The Morgan fingerprint density at radius 1 is 1.26 bits per heavy atom. The van der Waals surface area contributed by atoms with Crippen LogP contribution >= 0.6 is 0 Å². The third-order valence-electron chi connectivity index (χ3n) is 3.92. The van der Waals surface area contributed by atoms with Crippen molar-refractivity contribution < 1.29 is 24.9 Å². The lowest BCUT2D eigenvalue weighted by atomic mass is 10.0. The molecule has 2 saturated heterocycles. The Morgan fingerprint density at radius 3 is 2.37 bits per heavy atom. The van der Waals surface area contributed by atoms with Gasteiger partial charge in [0.15, 0.2) is 6.10 Å². The monoisotopic (exact) mass is 272 g/mol. The number of aliphatic carboxylic acids is 1. The number of nitrogens with zero attached hydrogens (tertiary/aromatic N) is 1. The van der Waals surface area contributed by atoms with E-state index >= 15 is 0 Å². The molecule has 108 valence electrons. The van der Waals surface area contributed by atoms with E-state index in [0.717, 1.165) is 12.8 Å². The Bertz CT molecular complexity index is 348. The first-order valence-electron chi connectivity index (χ1n) is 6.64. The molecule has 0 aromatic heterocycles. The van der Waals surface area contributed by atoms with Crippen molar-refractivity contribution in [2.75, 3.05) is 6.54 Å². The van der Waals surface area contributed by atoms with Crippen LogP contribution in [0, 0.1) is 0 Å². The van der Waals surface area contributed by atoms with Crippen molar-refractivity contribution in [3.8, 4) is 0 Å². The summed E-state index contributed by atoms with van der Waals surface area (Å²) in [5, 5.41) is 29.9. The van der Waals surface area contributed by atoms with Crippen LogP contribution in [0.1, 0.15) is 32.1 Å². The normalized spacial score (nSPS) is 31.1. The van der Waals surface area contributed by atoms with E-state index in [-0.39, 0.29) is 37.2 Å². The number of rotatable bonds is 4. The van der Waals surface area contributed by atoms with Gasteiger partial charge in [0, 0.05) is 25.0 Å². The van der Waals surface area contributed by atoms with Crippen LogP contribution in [0.3, 0.4) is 0 Å². The van der Waals surface area contributed by atoms with E-state index in [1.807, 2.05) is 0 Å². The van der Waals surface area contributed by atoms with Gasteiger partial charge in [-0.2, -0.15) is 0 Å². The molecule has 7 nitrogen and oxygen atoms in total. The second-order valence-electron chi connectivity index (χ2n) is 5.29. The van der Waals surface area contributed by atoms with Gasteiger partial charge in [0.25, 0.3) is 0 Å². The van der Waals surface area contributed by atoms with Gasteiger partial charge in [-0.25, -0.2) is 9.59 Å². The van der Waals surface area contributed by atoms with Crippen LogP contribution in [0.25, 0.3) is 0 Å². The molecule has 2 fully saturated rings. The number of urea groups is 1. The number of fused-ring (bicyclic) bond motifs is 2. The minimum Gasteiger partial charge on any atom is -0.479 e. The van der Waals surface area contributed by atoms with Crippen molar-refractivity contribution in [1.29, 1.82) is 0 Å². The number of piperidine rings is 1. The van der Waals surface area contributed by atoms with Gasteiger partial charge >= 0.3 is 12.0 Å². The van der Waals surface area contributed by atoms with E-state index in [2.05, 4.69) is 5.32 Å². The van der Waals surface area contributed by atoms with Crippen molar-refractivity contribution in [3.05, 3.63) is 0 Å². The number of carbonyl (C=O) groups excluding carboxylic acids is 1. The molecule has 7 heteroatoms. The third-order valence-corrected chi connectivity index (χ3v) is 3.92. The minimum absolute atomic E-state index is 0.00707. The molecule has 4 N–H and O–H groups in total. The predicted molar refractivity (Wildman–Crippen MR) is 65.5 cm³/mol. The van der Waals surface area contributed by atoms with Crippen LogP contribution < -0.4 is 5.32 Å². The number of amides is 2. The fraction of sp³-hybridized carbons (Fsp3) is 0.833. The summed E-state index contributed by atoms with van der Waals surface area (Å²) in [6, 6.07) is -0.0618. The highest BCUT2D eigenvalue weighted by molar-refractivity contribution is 5.76. The first-order valence-corrected chi connectivity index (χ1v) is 6.64. The molecule has 0 aromatic carbocycles. The van der Waals surface area contributed by atoms with E-state index in [9.17, 15) is 14.7 Å². The minimum atomic E-state index is -1.44. The highest BCUT2D eigenvalue weighted by Crippen LogP contribution is 2.35. The van der Waals surface area contributed by atoms with Gasteiger partial charge in [-0.1, -0.05) is 0 Å². The van der Waals surface area contributed by atoms with Crippen LogP contribution in [0.2, 0.25) is 0 Å². The van der Waals surface area contributed by atoms with Gasteiger partial charge in [0.1, 0.15) is 0 Å². The zero-order valence-corrected chi connectivity index (χ0v) is 10.7. The van der Waals surface area contributed by atoms with Crippen molar-refractivity contribution in [1.82, 2.24) is 10.2 Å². The average Bonchev–Trinajstić information content (AvgIpc) is 2.61. The van der Waals surface area contributed by atoms with Crippen molar-refractivity contribution >= 4 is 12.0 Å². The van der Waals surface area contributed by atoms with Crippen molar-refractivity contribution in [2.45, 2.75) is 56.4 Å². The quantitative estimate of drug-likeness (QED) is 0.552. The maximum Gasteiger partial charge on any atom is 0.332 e. The SMILES string of the molecule is O=C(O)C(O)CCNC(=O)N1C2CCC1CC(O)C2. The summed E-state index contributed by atoms with van der Waals surface area (Å²) < 4.78 is 0. The standard InChI is InChI=1S/C12H20N2O5/c15-9-5-7-1-2-8(6-9)14(7)12(19)13-4-3-10(16)11(17)18/h7-10,15-16H,1-6H2,(H,13,19)(H,17,18). The lowest BCUT2D eigenvalue weighted by Crippen LogP contribution is -2.52. The molecule has 2 amide bonds. The second kappa shape index (κ2) is 5.75. The Hall–Kier alpha value is -1.34. The number of hydrogen-bond donors (Lipinski definition) is 4. The van der Waals surface area contributed by atoms with E-state index in [1.165, 1.54) is 0 Å². The molecule has 0 aromatic rings. The number of aliphatic hydroxyl groups is 2. The fourth-order valence-electron chi connectivity index (χ4n) is 3.01. The number of carboxylic acid groups (broad SMARTS) is 1. The maximum atomic E-state index is 12.0. The van der Waals surface area contributed by atoms with Crippen molar-refractivity contribution in [3.63, 3.8) is 0 Å². The topological polar surface area (TPSA) is 110 Å². The Labute approximate surface area is 111 Å². The highest BCUT2D eigenvalue weighted by atomic mass is 16.4. The molecule has 2 aliphatic heterocycles. The average molecular weight is 272 g/mol. The van der Waals surface area contributed by atoms with Crippen molar-refractivity contribution in [2.24, 2.45) is 0 Å². The molecule has 2 heterocycles. The predicted octanol–water partition coefficient (Wildman–Crippen LogP) is -0.481. The molecule has 0 radical (unpaired) electrons. The number of aliphatic hydroxyl groups excluding tert-OH is 2. The molecule has 3 atom stereocenters. The summed E-state index contributed by atoms with van der Waals surface area (Å²) in [4.78, 5) is 24.2. The Balaban J connectivity index is 1.79. The zero-order valence-electron chi connectivity index (χ0n) is 10.7. The summed E-state index contributed by atoms with van der Waals surface area (Å²) in [7, 11) is 0. The van der Waals surface area contributed by atoms with E-state index in [0.29, 0.717) is 12.8 Å². The number of nitrogens with one attached hydrogen (secondary N) is 1. The van der Waals surface area contributed by atoms with Crippen LogP contribution in [-0.4, -0.2) is 63.1 Å². The summed E-state index contributed by atoms with van der Waals surface area (Å²) >= 11 is 0. The van der Waals surface area contributed by atoms with Gasteiger partial charge in [0.2, 0.25) is 0 Å². The number of carboxylic acids is 1. The van der Waals surface area contributed by atoms with Crippen LogP contribution in [0.5, 0.6) is 0 Å². The summed E-state index contributed by atoms with van der Waals surface area (Å²) in [6.07, 6.45) is 1.27. The highest BCUT2D eigenvalue weighted by Gasteiger charge is 2.42. The maximum absolute atomic E-state index is 12.0. The van der Waals surface area contributed by atoms with Gasteiger partial charge in [-0.3, -0.25) is 0 Å². The zero-order chi connectivity index (χ0) is 14.0. The summed E-state index contributed by atoms with van der Waals surface area (Å²) in [6.45, 7) is 0.130. The molecule has 0 spiro atoms. The van der Waals surface area contributed by atoms with Crippen LogP contribution in [0.4, 0.5) is 4.79 Å². The summed E-state index contributed by atoms with van der Waals surface area (Å²) in [5.41, 5.74) is 0. The van der Waals surface area contributed by atoms with Gasteiger partial charge in [-0.05, 0) is 25.7 Å². The van der Waals surface area contributed by atoms with Crippen LogP contribution in [-0.2, 0) is 4.79 Å². The lowest BCUT2D eigenvalue weighted by molar-refractivity contribution is -0.146. The smallest absolute Gasteiger partial charge is 0.332 e. The Kier molecular flexibility index (Phi) is 4.26. The molecule has 2 rings (SSSR count). The first kappa shape index (κ1) is 14.1. The van der Waals surface area contributed by atoms with E-state index in [4.69, 9.17) is 10.2 Å². The molecule has 2 aliphatic rings. The molecule has 0 saturated carbocycles. The Morgan fingerprint density at radius 2 is 1.84 bits per heavy atom. The lowest BCUT2D eigenvalue weighted by Gasteiger charge is -2.37. The van der Waals surface area contributed by atoms with Gasteiger partial charge in [-0.15, -0.1) is 0 Å². The molecular weight excluding hydrogens is 252 g/mol. The van der Waals surface area contributed by atoms with Crippen LogP contribution in [0.15, 0.2) is 0 Å². The van der Waals surface area contributed by atoms with E-state index in [1.54, 1.807) is 4.90 Å². The van der Waals surface area contributed by atoms with E-state index < -0.39 is 12.1 Å². The molecule has 2 bridgehead atoms. The van der Waals surface area contributed by atoms with Gasteiger partial charge < -0.3 is 25.5 Å². The number of hydrogen-bond acceptors (Lipinski definition) is 4. The molecule has 3 unspecified atom stereocenters. The fourth-order valence-corrected chi connectivity index (χ4v) is 3.01. The second-order valence-corrected chi connectivity index (χ2v) is 5.29.